The van der Waals surface area contributed by atoms with Crippen molar-refractivity contribution < 1.29 is 29.5 Å². The molecule has 1 unspecified atom stereocenters. The molecule has 5 atom stereocenters. The Hall–Kier alpha value is -1.02. The van der Waals surface area contributed by atoms with Crippen LogP contribution in [0.3, 0.4) is 0 Å². The number of hydrogen-bond donors (Lipinski definition) is 3. The first-order valence-corrected chi connectivity index (χ1v) is 6.86. The highest BCUT2D eigenvalue weighted by molar-refractivity contribution is 5.39. The summed E-state index contributed by atoms with van der Waals surface area (Å²) in [6, 6.07) is 9.40. The molecule has 0 aromatic heterocycles. The molecule has 116 valence electrons. The van der Waals surface area contributed by atoms with E-state index in [4.69, 9.17) is 14.2 Å². The maximum atomic E-state index is 10.7. The summed E-state index contributed by atoms with van der Waals surface area (Å²) in [5.41, 5.74) is -3.70. The normalized spacial score (nSPS) is 44.6. The van der Waals surface area contributed by atoms with Crippen LogP contribution in [-0.2, 0) is 20.8 Å². The van der Waals surface area contributed by atoms with E-state index in [9.17, 15) is 15.3 Å². The minimum absolute atomic E-state index is 0.190. The third-order valence-corrected chi connectivity index (χ3v) is 4.60. The highest BCUT2D eigenvalue weighted by atomic mass is 16.7. The molecule has 1 aliphatic carbocycles. The molecular formula is C15H20O6. The first kappa shape index (κ1) is 14.9. The molecule has 2 fully saturated rings. The summed E-state index contributed by atoms with van der Waals surface area (Å²) < 4.78 is 16.4. The van der Waals surface area contributed by atoms with E-state index >= 15 is 0 Å². The van der Waals surface area contributed by atoms with Gasteiger partial charge in [0.1, 0.15) is 11.7 Å². The van der Waals surface area contributed by atoms with Gasteiger partial charge < -0.3 is 29.5 Å². The lowest BCUT2D eigenvalue weighted by atomic mass is 9.93. The molecule has 1 saturated carbocycles. The Balaban J connectivity index is 1.85. The number of benzene rings is 1. The van der Waals surface area contributed by atoms with Gasteiger partial charge in [0.15, 0.2) is 17.5 Å². The number of aliphatic hydroxyl groups is 3. The topological polar surface area (TPSA) is 88.4 Å². The van der Waals surface area contributed by atoms with Gasteiger partial charge in [0.2, 0.25) is 0 Å². The molecule has 2 aliphatic rings. The van der Waals surface area contributed by atoms with Gasteiger partial charge in [-0.15, -0.1) is 0 Å². The minimum Gasteiger partial charge on any atom is -0.393 e. The smallest absolute Gasteiger partial charge is 0.189 e. The SMILES string of the molecule is CO[C@H]1O[C@@H]2C(O)(CO)[C@]2(OCc2ccccc2)[C@@]1(C)O. The van der Waals surface area contributed by atoms with Crippen LogP contribution in [-0.4, -0.2) is 58.2 Å². The van der Waals surface area contributed by atoms with Crippen LogP contribution in [0.5, 0.6) is 0 Å². The zero-order chi connectivity index (χ0) is 15.3. The van der Waals surface area contributed by atoms with Crippen molar-refractivity contribution in [3.63, 3.8) is 0 Å². The van der Waals surface area contributed by atoms with E-state index in [1.165, 1.54) is 14.0 Å². The summed E-state index contributed by atoms with van der Waals surface area (Å²) in [7, 11) is 1.41. The van der Waals surface area contributed by atoms with Crippen molar-refractivity contribution in [2.45, 2.75) is 42.7 Å². The van der Waals surface area contributed by atoms with Crippen LogP contribution in [0.25, 0.3) is 0 Å². The quantitative estimate of drug-likeness (QED) is 0.697. The second-order valence-corrected chi connectivity index (χ2v) is 5.82. The van der Waals surface area contributed by atoms with Gasteiger partial charge in [0, 0.05) is 7.11 Å². The van der Waals surface area contributed by atoms with Crippen LogP contribution >= 0.6 is 0 Å². The van der Waals surface area contributed by atoms with E-state index in [0.29, 0.717) is 0 Å². The van der Waals surface area contributed by atoms with Crippen molar-refractivity contribution in [3.8, 4) is 0 Å². The Labute approximate surface area is 122 Å². The minimum atomic E-state index is -1.62. The number of rotatable bonds is 5. The molecule has 1 saturated heterocycles. The van der Waals surface area contributed by atoms with Crippen LogP contribution in [0.2, 0.25) is 0 Å². The first-order chi connectivity index (χ1) is 9.94. The Kier molecular flexibility index (Phi) is 3.36. The lowest BCUT2D eigenvalue weighted by Crippen LogP contribution is -2.56. The molecule has 1 aromatic rings. The van der Waals surface area contributed by atoms with E-state index in [-0.39, 0.29) is 6.61 Å². The number of aliphatic hydroxyl groups excluding tert-OH is 1. The second kappa shape index (κ2) is 4.74. The third-order valence-electron chi connectivity index (χ3n) is 4.60. The van der Waals surface area contributed by atoms with Crippen molar-refractivity contribution in [2.75, 3.05) is 13.7 Å². The molecule has 1 aromatic carbocycles. The Morgan fingerprint density at radius 1 is 1.24 bits per heavy atom. The summed E-state index contributed by atoms with van der Waals surface area (Å²) in [5, 5.41) is 30.7. The van der Waals surface area contributed by atoms with Crippen LogP contribution in [0, 0.1) is 0 Å². The van der Waals surface area contributed by atoms with E-state index in [0.717, 1.165) is 5.56 Å². The van der Waals surface area contributed by atoms with Gasteiger partial charge >= 0.3 is 0 Å². The fourth-order valence-electron chi connectivity index (χ4n) is 3.40. The van der Waals surface area contributed by atoms with Crippen LogP contribution in [0.1, 0.15) is 12.5 Å². The Morgan fingerprint density at radius 2 is 1.90 bits per heavy atom. The zero-order valence-corrected chi connectivity index (χ0v) is 12.0. The van der Waals surface area contributed by atoms with Gasteiger partial charge in [-0.05, 0) is 12.5 Å². The van der Waals surface area contributed by atoms with Crippen molar-refractivity contribution in [1.29, 1.82) is 0 Å². The molecular weight excluding hydrogens is 276 g/mol. The van der Waals surface area contributed by atoms with Gasteiger partial charge in [-0.3, -0.25) is 0 Å². The van der Waals surface area contributed by atoms with Gasteiger partial charge in [-0.25, -0.2) is 0 Å². The van der Waals surface area contributed by atoms with Gasteiger partial charge in [0.05, 0.1) is 13.2 Å². The molecule has 0 spiro atoms. The highest BCUT2D eigenvalue weighted by Crippen LogP contribution is 2.65. The molecule has 0 amide bonds. The van der Waals surface area contributed by atoms with Gasteiger partial charge in [-0.2, -0.15) is 0 Å². The van der Waals surface area contributed by atoms with Crippen molar-refractivity contribution >= 4 is 0 Å². The molecule has 0 radical (unpaired) electrons. The largest absolute Gasteiger partial charge is 0.393 e. The maximum Gasteiger partial charge on any atom is 0.189 e. The Morgan fingerprint density at radius 3 is 2.48 bits per heavy atom. The number of methoxy groups -OCH3 is 1. The fraction of sp³-hybridized carbons (Fsp3) is 0.600. The lowest BCUT2D eigenvalue weighted by Gasteiger charge is -2.36. The number of fused-ring (bicyclic) bond motifs is 1. The average molecular weight is 296 g/mol. The molecule has 21 heavy (non-hydrogen) atoms. The van der Waals surface area contributed by atoms with Gasteiger partial charge in [0.25, 0.3) is 0 Å². The summed E-state index contributed by atoms with van der Waals surface area (Å²) in [6.45, 7) is 1.12. The molecule has 1 aliphatic heterocycles. The number of hydrogen-bond acceptors (Lipinski definition) is 6. The van der Waals surface area contributed by atoms with Crippen molar-refractivity contribution in [1.82, 2.24) is 0 Å². The molecule has 3 N–H and O–H groups in total. The van der Waals surface area contributed by atoms with Crippen LogP contribution in [0.15, 0.2) is 30.3 Å². The maximum absolute atomic E-state index is 10.7. The van der Waals surface area contributed by atoms with E-state index in [2.05, 4.69) is 0 Å². The zero-order valence-electron chi connectivity index (χ0n) is 12.0. The summed E-state index contributed by atoms with van der Waals surface area (Å²) in [5.74, 6) is 0. The summed E-state index contributed by atoms with van der Waals surface area (Å²) in [4.78, 5) is 0. The summed E-state index contributed by atoms with van der Waals surface area (Å²) >= 11 is 0. The fourth-order valence-corrected chi connectivity index (χ4v) is 3.40. The Bertz CT molecular complexity index is 518. The molecule has 3 rings (SSSR count). The highest BCUT2D eigenvalue weighted by Gasteiger charge is 2.91. The number of ether oxygens (including phenoxy) is 3. The molecule has 0 bridgehead atoms. The summed E-state index contributed by atoms with van der Waals surface area (Å²) in [6.07, 6.45) is -1.73. The van der Waals surface area contributed by atoms with Crippen molar-refractivity contribution in [3.05, 3.63) is 35.9 Å². The molecule has 1 heterocycles. The second-order valence-electron chi connectivity index (χ2n) is 5.82. The first-order valence-electron chi connectivity index (χ1n) is 6.86. The monoisotopic (exact) mass is 296 g/mol. The van der Waals surface area contributed by atoms with Gasteiger partial charge in [-0.1, -0.05) is 30.3 Å². The van der Waals surface area contributed by atoms with E-state index in [1.54, 1.807) is 0 Å². The molecule has 6 heteroatoms. The molecule has 6 nitrogen and oxygen atoms in total. The third kappa shape index (κ3) is 1.75. The van der Waals surface area contributed by atoms with Crippen molar-refractivity contribution in [2.24, 2.45) is 0 Å². The van der Waals surface area contributed by atoms with E-state index < -0.39 is 35.8 Å². The lowest BCUT2D eigenvalue weighted by molar-refractivity contribution is -0.251. The predicted octanol–water partition coefficient (Wildman–Crippen LogP) is -0.199. The predicted molar refractivity (Wildman–Crippen MR) is 72.3 cm³/mol. The van der Waals surface area contributed by atoms with E-state index in [1.807, 2.05) is 30.3 Å². The standard InChI is InChI=1S/C15H20O6/c1-13(17)12(19-2)21-11-14(18,9-16)15(11,13)20-8-10-6-4-3-5-7-10/h3-7,11-12,16-18H,8-9H2,1-2H3/t11-,12+,13+,14?,15-/m1/s1. The van der Waals surface area contributed by atoms with Crippen LogP contribution in [0.4, 0.5) is 0 Å². The average Bonchev–Trinajstić information content (AvgIpc) is 2.92. The van der Waals surface area contributed by atoms with Crippen LogP contribution < -0.4 is 0 Å².